The predicted octanol–water partition coefficient (Wildman–Crippen LogP) is 5.94. The van der Waals surface area contributed by atoms with Crippen LogP contribution in [0.5, 0.6) is 0 Å². The molecule has 0 saturated carbocycles. The highest BCUT2D eigenvalue weighted by Gasteiger charge is 2.27. The summed E-state index contributed by atoms with van der Waals surface area (Å²) in [6, 6.07) is 16.2. The van der Waals surface area contributed by atoms with Gasteiger partial charge in [0.05, 0.1) is 23.6 Å². The van der Waals surface area contributed by atoms with E-state index in [-0.39, 0.29) is 18.2 Å². The highest BCUT2D eigenvalue weighted by atomic mass is 35.5. The fourth-order valence-electron chi connectivity index (χ4n) is 3.50. The lowest BCUT2D eigenvalue weighted by molar-refractivity contribution is 0.0526. The molecule has 0 aliphatic heterocycles. The van der Waals surface area contributed by atoms with Gasteiger partial charge in [-0.05, 0) is 43.7 Å². The van der Waals surface area contributed by atoms with Crippen LogP contribution in [-0.2, 0) is 4.74 Å². The van der Waals surface area contributed by atoms with Gasteiger partial charge in [-0.1, -0.05) is 41.9 Å². The number of ether oxygens (including phenoxy) is 1. The number of amides is 1. The van der Waals surface area contributed by atoms with Crippen molar-refractivity contribution >= 4 is 56.4 Å². The molecule has 0 fully saturated rings. The third-order valence-corrected chi connectivity index (χ3v) is 6.26. The molecular weight excluding hydrogens is 446 g/mol. The zero-order chi connectivity index (χ0) is 22.8. The fourth-order valence-corrected chi connectivity index (χ4v) is 4.67. The van der Waals surface area contributed by atoms with Crippen LogP contribution in [0.2, 0.25) is 5.02 Å². The van der Waals surface area contributed by atoms with Gasteiger partial charge in [0.2, 0.25) is 0 Å². The normalized spacial score (nSPS) is 10.8. The van der Waals surface area contributed by atoms with Crippen LogP contribution >= 0.6 is 22.9 Å². The molecule has 0 radical (unpaired) electrons. The van der Waals surface area contributed by atoms with E-state index >= 15 is 0 Å². The number of anilines is 2. The summed E-state index contributed by atoms with van der Waals surface area (Å²) in [7, 11) is 0. The van der Waals surface area contributed by atoms with Crippen molar-refractivity contribution in [1.82, 2.24) is 4.98 Å². The van der Waals surface area contributed by atoms with Crippen LogP contribution in [0, 0.1) is 6.92 Å². The van der Waals surface area contributed by atoms with E-state index in [0.717, 1.165) is 5.56 Å². The van der Waals surface area contributed by atoms with Gasteiger partial charge < -0.3 is 15.8 Å². The summed E-state index contributed by atoms with van der Waals surface area (Å²) < 4.78 is 5.30. The molecular formula is C24H20ClN3O3S. The Balaban J connectivity index is 1.94. The Morgan fingerprint density at radius 3 is 2.47 bits per heavy atom. The molecule has 6 nitrogen and oxygen atoms in total. The van der Waals surface area contributed by atoms with Crippen molar-refractivity contribution in [3.05, 3.63) is 75.8 Å². The summed E-state index contributed by atoms with van der Waals surface area (Å²) in [5.74, 6) is -0.834. The SMILES string of the molecule is CCOC(=O)c1c(C)nc2sc(C(=O)Nc3ccccc3)c(N)c2c1-c1ccc(Cl)cc1. The summed E-state index contributed by atoms with van der Waals surface area (Å²) in [4.78, 5) is 31.3. The van der Waals surface area contributed by atoms with E-state index < -0.39 is 5.97 Å². The van der Waals surface area contributed by atoms with Gasteiger partial charge >= 0.3 is 5.97 Å². The molecule has 0 unspecified atom stereocenters. The molecule has 8 heteroatoms. The number of nitrogens with two attached hydrogens (primary N) is 1. The Bertz CT molecular complexity index is 1320. The zero-order valence-corrected chi connectivity index (χ0v) is 19.0. The molecule has 2 aromatic carbocycles. The van der Waals surface area contributed by atoms with Crippen molar-refractivity contribution in [2.45, 2.75) is 13.8 Å². The Hall–Kier alpha value is -3.42. The van der Waals surface area contributed by atoms with Crippen LogP contribution in [0.4, 0.5) is 11.4 Å². The minimum Gasteiger partial charge on any atom is -0.462 e. The van der Waals surface area contributed by atoms with Crippen molar-refractivity contribution in [3.63, 3.8) is 0 Å². The number of nitrogens with one attached hydrogen (secondary N) is 1. The highest BCUT2D eigenvalue weighted by molar-refractivity contribution is 7.21. The minimum atomic E-state index is -0.495. The third-order valence-electron chi connectivity index (χ3n) is 4.91. The van der Waals surface area contributed by atoms with Gasteiger partial charge in [-0.2, -0.15) is 0 Å². The van der Waals surface area contributed by atoms with E-state index in [2.05, 4.69) is 10.3 Å². The van der Waals surface area contributed by atoms with Crippen LogP contribution in [0.3, 0.4) is 0 Å². The maximum atomic E-state index is 13.0. The average Bonchev–Trinajstić information content (AvgIpc) is 3.10. The van der Waals surface area contributed by atoms with E-state index in [1.165, 1.54) is 11.3 Å². The zero-order valence-electron chi connectivity index (χ0n) is 17.4. The van der Waals surface area contributed by atoms with Crippen LogP contribution in [0.15, 0.2) is 54.6 Å². The number of carbonyl (C=O) groups excluding carboxylic acids is 2. The van der Waals surface area contributed by atoms with Crippen molar-refractivity contribution in [3.8, 4) is 11.1 Å². The molecule has 4 rings (SSSR count). The van der Waals surface area contributed by atoms with Crippen LogP contribution in [-0.4, -0.2) is 23.5 Å². The summed E-state index contributed by atoms with van der Waals surface area (Å²) in [5, 5.41) is 3.96. The number of hydrogen-bond acceptors (Lipinski definition) is 6. The number of halogens is 1. The number of fused-ring (bicyclic) bond motifs is 1. The first-order chi connectivity index (χ1) is 15.4. The molecule has 3 N–H and O–H groups in total. The van der Waals surface area contributed by atoms with E-state index in [9.17, 15) is 9.59 Å². The number of carbonyl (C=O) groups is 2. The van der Waals surface area contributed by atoms with Crippen molar-refractivity contribution < 1.29 is 14.3 Å². The molecule has 2 heterocycles. The Morgan fingerprint density at radius 1 is 1.12 bits per heavy atom. The van der Waals surface area contributed by atoms with Crippen LogP contribution in [0.1, 0.15) is 32.6 Å². The molecule has 0 aliphatic carbocycles. The number of nitrogens with zero attached hydrogens (tertiary/aromatic N) is 1. The minimum absolute atomic E-state index is 0.222. The van der Waals surface area contributed by atoms with Gasteiger partial charge in [0.1, 0.15) is 9.71 Å². The molecule has 32 heavy (non-hydrogen) atoms. The Morgan fingerprint density at radius 2 is 1.81 bits per heavy atom. The van der Waals surface area contributed by atoms with Gasteiger partial charge in [-0.25, -0.2) is 9.78 Å². The second kappa shape index (κ2) is 8.98. The second-order valence-electron chi connectivity index (χ2n) is 7.02. The Labute approximate surface area is 194 Å². The average molecular weight is 466 g/mol. The molecule has 4 aromatic rings. The lowest BCUT2D eigenvalue weighted by atomic mass is 9.95. The molecule has 0 saturated heterocycles. The number of aromatic nitrogens is 1. The second-order valence-corrected chi connectivity index (χ2v) is 8.46. The predicted molar refractivity (Wildman–Crippen MR) is 130 cm³/mol. The fraction of sp³-hybridized carbons (Fsp3) is 0.125. The lowest BCUT2D eigenvalue weighted by Gasteiger charge is -2.14. The number of esters is 1. The Kier molecular flexibility index (Phi) is 6.12. The van der Waals surface area contributed by atoms with Gasteiger partial charge in [0.25, 0.3) is 5.91 Å². The lowest BCUT2D eigenvalue weighted by Crippen LogP contribution is -2.12. The van der Waals surface area contributed by atoms with Crippen LogP contribution < -0.4 is 11.1 Å². The maximum absolute atomic E-state index is 13.0. The smallest absolute Gasteiger partial charge is 0.340 e. The van der Waals surface area contributed by atoms with E-state index in [1.807, 2.05) is 18.2 Å². The summed E-state index contributed by atoms with van der Waals surface area (Å²) in [6.45, 7) is 3.71. The first kappa shape index (κ1) is 21.8. The van der Waals surface area contributed by atoms with Crippen molar-refractivity contribution in [2.75, 3.05) is 17.7 Å². The van der Waals surface area contributed by atoms with Gasteiger partial charge in [0.15, 0.2) is 0 Å². The van der Waals surface area contributed by atoms with E-state index in [0.29, 0.717) is 42.6 Å². The first-order valence-electron chi connectivity index (χ1n) is 9.92. The number of aryl methyl sites for hydroxylation is 1. The quantitative estimate of drug-likeness (QED) is 0.356. The number of hydrogen-bond donors (Lipinski definition) is 2. The number of rotatable bonds is 5. The number of benzene rings is 2. The molecule has 162 valence electrons. The van der Waals surface area contributed by atoms with Crippen molar-refractivity contribution in [2.24, 2.45) is 0 Å². The number of pyridine rings is 1. The number of thiophene rings is 1. The molecule has 2 aromatic heterocycles. The molecule has 0 atom stereocenters. The molecule has 0 aliphatic rings. The maximum Gasteiger partial charge on any atom is 0.340 e. The molecule has 0 spiro atoms. The molecule has 0 bridgehead atoms. The highest BCUT2D eigenvalue weighted by Crippen LogP contribution is 2.42. The van der Waals surface area contributed by atoms with E-state index in [4.69, 9.17) is 22.1 Å². The summed E-state index contributed by atoms with van der Waals surface area (Å²) >= 11 is 7.26. The summed E-state index contributed by atoms with van der Waals surface area (Å²) in [5.41, 5.74) is 9.53. The summed E-state index contributed by atoms with van der Waals surface area (Å²) in [6.07, 6.45) is 0. The first-order valence-corrected chi connectivity index (χ1v) is 11.1. The van der Waals surface area contributed by atoms with Crippen LogP contribution in [0.25, 0.3) is 21.3 Å². The largest absolute Gasteiger partial charge is 0.462 e. The van der Waals surface area contributed by atoms with Gasteiger partial charge in [-0.15, -0.1) is 11.3 Å². The topological polar surface area (TPSA) is 94.3 Å². The third kappa shape index (κ3) is 4.04. The molecule has 1 amide bonds. The van der Waals surface area contributed by atoms with E-state index in [1.54, 1.807) is 50.2 Å². The number of nitrogen functional groups attached to an aromatic ring is 1. The standard InChI is InChI=1S/C24H20ClN3O3S/c1-3-31-24(30)17-13(2)27-23-19(18(17)14-9-11-15(25)12-10-14)20(26)21(32-23)22(29)28-16-7-5-4-6-8-16/h4-12H,3,26H2,1-2H3,(H,28,29). The number of para-hydroxylation sites is 1. The van der Waals surface area contributed by atoms with Gasteiger partial charge in [-0.3, -0.25) is 4.79 Å². The monoisotopic (exact) mass is 465 g/mol. The van der Waals surface area contributed by atoms with Gasteiger partial charge in [0, 0.05) is 21.7 Å². The van der Waals surface area contributed by atoms with Crippen molar-refractivity contribution in [1.29, 1.82) is 0 Å².